The summed E-state index contributed by atoms with van der Waals surface area (Å²) in [6, 6.07) is 15.4. The van der Waals surface area contributed by atoms with Gasteiger partial charge in [0, 0.05) is 12.3 Å². The fourth-order valence-electron chi connectivity index (χ4n) is 5.01. The molecule has 30 heavy (non-hydrogen) atoms. The van der Waals surface area contributed by atoms with Gasteiger partial charge in [-0.05, 0) is 61.8 Å². The third-order valence-corrected chi connectivity index (χ3v) is 6.54. The highest BCUT2D eigenvalue weighted by molar-refractivity contribution is 5.87. The van der Waals surface area contributed by atoms with Gasteiger partial charge in [0.15, 0.2) is 0 Å². The maximum absolute atomic E-state index is 11.0. The zero-order valence-electron chi connectivity index (χ0n) is 17.4. The van der Waals surface area contributed by atoms with Crippen molar-refractivity contribution >= 4 is 5.97 Å². The van der Waals surface area contributed by atoms with Crippen LogP contribution in [0.15, 0.2) is 60.7 Å². The standard InChI is InChI=1S/C26H30O4/c1-17-3-2-4-19(15-17)16-21(27)10-12-23-22(24-13-14-25(23)30-24)11-7-18-5-8-20(9-6-18)26(28)29/h2-6,8-10,12,15,21-25,27H,7,11,13-14,16H2,1H3,(H,28,29)/t21?,22-,23+,24-,25+/m1/s1. The maximum atomic E-state index is 11.0. The van der Waals surface area contributed by atoms with Gasteiger partial charge in [0.2, 0.25) is 0 Å². The van der Waals surface area contributed by atoms with Crippen molar-refractivity contribution in [1.82, 2.24) is 0 Å². The molecule has 4 heteroatoms. The van der Waals surface area contributed by atoms with Gasteiger partial charge in [-0.1, -0.05) is 54.1 Å². The highest BCUT2D eigenvalue weighted by atomic mass is 16.5. The lowest BCUT2D eigenvalue weighted by Gasteiger charge is -2.26. The van der Waals surface area contributed by atoms with Gasteiger partial charge in [-0.25, -0.2) is 4.79 Å². The molecule has 5 atom stereocenters. The zero-order chi connectivity index (χ0) is 21.1. The van der Waals surface area contributed by atoms with E-state index < -0.39 is 12.1 Å². The summed E-state index contributed by atoms with van der Waals surface area (Å²) >= 11 is 0. The quantitative estimate of drug-likeness (QED) is 0.630. The molecule has 2 aliphatic heterocycles. The summed E-state index contributed by atoms with van der Waals surface area (Å²) in [5, 5.41) is 19.6. The van der Waals surface area contributed by atoms with Crippen LogP contribution in [-0.4, -0.2) is 34.5 Å². The molecule has 4 nitrogen and oxygen atoms in total. The first-order valence-corrected chi connectivity index (χ1v) is 10.9. The first-order chi connectivity index (χ1) is 14.5. The van der Waals surface area contributed by atoms with Crippen molar-refractivity contribution in [1.29, 1.82) is 0 Å². The van der Waals surface area contributed by atoms with Gasteiger partial charge in [-0.15, -0.1) is 0 Å². The minimum absolute atomic E-state index is 0.261. The predicted molar refractivity (Wildman–Crippen MR) is 117 cm³/mol. The topological polar surface area (TPSA) is 66.8 Å². The van der Waals surface area contributed by atoms with E-state index >= 15 is 0 Å². The molecule has 0 saturated carbocycles. The number of hydrogen-bond acceptors (Lipinski definition) is 3. The van der Waals surface area contributed by atoms with Crippen LogP contribution in [0, 0.1) is 18.8 Å². The number of rotatable bonds is 8. The first-order valence-electron chi connectivity index (χ1n) is 10.9. The van der Waals surface area contributed by atoms with Crippen molar-refractivity contribution < 1.29 is 19.7 Å². The highest BCUT2D eigenvalue weighted by Crippen LogP contribution is 2.46. The van der Waals surface area contributed by atoms with Gasteiger partial charge < -0.3 is 14.9 Å². The Morgan fingerprint density at radius 2 is 1.90 bits per heavy atom. The van der Waals surface area contributed by atoms with E-state index in [0.717, 1.165) is 36.8 Å². The molecule has 158 valence electrons. The lowest BCUT2D eigenvalue weighted by Crippen LogP contribution is -2.26. The number of ether oxygens (including phenoxy) is 1. The van der Waals surface area contributed by atoms with Crippen LogP contribution < -0.4 is 0 Å². The van der Waals surface area contributed by atoms with Crippen molar-refractivity contribution in [3.05, 3.63) is 82.9 Å². The third kappa shape index (κ3) is 4.82. The van der Waals surface area contributed by atoms with Gasteiger partial charge in [0.05, 0.1) is 23.9 Å². The number of benzene rings is 2. The number of fused-ring (bicyclic) bond motifs is 2. The van der Waals surface area contributed by atoms with Gasteiger partial charge in [-0.2, -0.15) is 0 Å². The van der Waals surface area contributed by atoms with Crippen LogP contribution in [0.1, 0.15) is 46.3 Å². The number of aromatic carboxylic acids is 1. The van der Waals surface area contributed by atoms with Gasteiger partial charge >= 0.3 is 5.97 Å². The monoisotopic (exact) mass is 406 g/mol. The van der Waals surface area contributed by atoms with Crippen molar-refractivity contribution in [3.63, 3.8) is 0 Å². The second kappa shape index (κ2) is 9.15. The van der Waals surface area contributed by atoms with Crippen molar-refractivity contribution in [3.8, 4) is 0 Å². The second-order valence-electron chi connectivity index (χ2n) is 8.72. The molecule has 2 aliphatic rings. The van der Waals surface area contributed by atoms with Gasteiger partial charge in [0.1, 0.15) is 0 Å². The van der Waals surface area contributed by atoms with Crippen LogP contribution in [-0.2, 0) is 17.6 Å². The van der Waals surface area contributed by atoms with Crippen LogP contribution in [0.4, 0.5) is 0 Å². The normalized spacial score (nSPS) is 26.3. The van der Waals surface area contributed by atoms with Crippen LogP contribution in [0.5, 0.6) is 0 Å². The number of aliphatic hydroxyl groups is 1. The van der Waals surface area contributed by atoms with E-state index in [-0.39, 0.29) is 6.10 Å². The predicted octanol–water partition coefficient (Wildman–Crippen LogP) is 4.58. The lowest BCUT2D eigenvalue weighted by atomic mass is 9.76. The van der Waals surface area contributed by atoms with Crippen LogP contribution in [0.25, 0.3) is 0 Å². The van der Waals surface area contributed by atoms with Crippen LogP contribution in [0.3, 0.4) is 0 Å². The summed E-state index contributed by atoms with van der Waals surface area (Å²) < 4.78 is 6.19. The third-order valence-electron chi connectivity index (χ3n) is 6.54. The molecule has 4 rings (SSSR count). The molecule has 2 aromatic rings. The zero-order valence-corrected chi connectivity index (χ0v) is 17.4. The fourth-order valence-corrected chi connectivity index (χ4v) is 5.01. The Morgan fingerprint density at radius 3 is 2.63 bits per heavy atom. The summed E-state index contributed by atoms with van der Waals surface area (Å²) in [6.07, 6.45) is 8.96. The van der Waals surface area contributed by atoms with Crippen LogP contribution in [0.2, 0.25) is 0 Å². The average Bonchev–Trinajstić information content (AvgIpc) is 3.32. The SMILES string of the molecule is Cc1cccc(CC(O)C=C[C@H]2[C@@H](CCc3ccc(C(=O)O)cc3)[C@H]3CC[C@@H]2O3)c1. The molecular formula is C26H30O4. The molecule has 0 radical (unpaired) electrons. The average molecular weight is 407 g/mol. The van der Waals surface area contributed by atoms with E-state index in [4.69, 9.17) is 9.84 Å². The van der Waals surface area contributed by atoms with E-state index in [0.29, 0.717) is 29.9 Å². The largest absolute Gasteiger partial charge is 0.478 e. The molecule has 0 amide bonds. The van der Waals surface area contributed by atoms with E-state index in [2.05, 4.69) is 31.2 Å². The Kier molecular flexibility index (Phi) is 6.35. The molecule has 2 N–H and O–H groups in total. The van der Waals surface area contributed by atoms with E-state index in [1.54, 1.807) is 12.1 Å². The number of aryl methyl sites for hydroxylation is 2. The maximum Gasteiger partial charge on any atom is 0.335 e. The minimum Gasteiger partial charge on any atom is -0.478 e. The molecule has 2 aromatic carbocycles. The summed E-state index contributed by atoms with van der Waals surface area (Å²) in [4.78, 5) is 11.0. The molecule has 0 aliphatic carbocycles. The molecular weight excluding hydrogens is 376 g/mol. The Balaban J connectivity index is 1.36. The Hall–Kier alpha value is -2.43. The number of aliphatic hydroxyl groups excluding tert-OH is 1. The molecule has 0 spiro atoms. The summed E-state index contributed by atoms with van der Waals surface area (Å²) in [6.45, 7) is 2.07. The smallest absolute Gasteiger partial charge is 0.335 e. The first kappa shape index (κ1) is 20.8. The van der Waals surface area contributed by atoms with Crippen molar-refractivity contribution in [2.75, 3.05) is 0 Å². The van der Waals surface area contributed by atoms with E-state index in [1.807, 2.05) is 24.3 Å². The van der Waals surface area contributed by atoms with E-state index in [9.17, 15) is 9.90 Å². The van der Waals surface area contributed by atoms with Gasteiger partial charge in [0.25, 0.3) is 0 Å². The van der Waals surface area contributed by atoms with Crippen LogP contribution >= 0.6 is 0 Å². The second-order valence-corrected chi connectivity index (χ2v) is 8.72. The highest BCUT2D eigenvalue weighted by Gasteiger charge is 2.47. The lowest BCUT2D eigenvalue weighted by molar-refractivity contribution is 0.0697. The Labute approximate surface area is 178 Å². The molecule has 1 unspecified atom stereocenters. The molecule has 2 heterocycles. The Morgan fingerprint density at radius 1 is 1.13 bits per heavy atom. The van der Waals surface area contributed by atoms with Crippen molar-refractivity contribution in [2.24, 2.45) is 11.8 Å². The Bertz CT molecular complexity index is 902. The fraction of sp³-hybridized carbons (Fsp3) is 0.423. The number of carboxylic acid groups (broad SMARTS) is 1. The van der Waals surface area contributed by atoms with Gasteiger partial charge in [-0.3, -0.25) is 0 Å². The van der Waals surface area contributed by atoms with E-state index in [1.165, 1.54) is 5.56 Å². The number of hydrogen-bond donors (Lipinski definition) is 2. The molecule has 2 fully saturated rings. The van der Waals surface area contributed by atoms with Crippen molar-refractivity contribution in [2.45, 2.75) is 57.3 Å². The summed E-state index contributed by atoms with van der Waals surface area (Å²) in [5.41, 5.74) is 3.84. The minimum atomic E-state index is -0.891. The molecule has 2 bridgehead atoms. The molecule has 2 saturated heterocycles. The molecule has 0 aromatic heterocycles. The summed E-state index contributed by atoms with van der Waals surface area (Å²) in [7, 11) is 0. The summed E-state index contributed by atoms with van der Waals surface area (Å²) in [5.74, 6) is -0.100. The number of carbonyl (C=O) groups is 1. The number of carboxylic acids is 1.